The zero-order valence-electron chi connectivity index (χ0n) is 21.6. The van der Waals surface area contributed by atoms with Crippen molar-refractivity contribution in [1.82, 2.24) is 9.78 Å². The molecule has 0 spiro atoms. The van der Waals surface area contributed by atoms with Gasteiger partial charge in [0.05, 0.1) is 5.69 Å². The van der Waals surface area contributed by atoms with Crippen molar-refractivity contribution in [1.29, 1.82) is 0 Å². The molecular formula is C30H42N4. The van der Waals surface area contributed by atoms with Gasteiger partial charge in [0.15, 0.2) is 0 Å². The molecule has 0 radical (unpaired) electrons. The Labute approximate surface area is 206 Å². The molecule has 2 aliphatic carbocycles. The summed E-state index contributed by atoms with van der Waals surface area (Å²) < 4.78 is 2.22. The van der Waals surface area contributed by atoms with Crippen molar-refractivity contribution >= 4 is 18.0 Å². The second kappa shape index (κ2) is 13.2. The van der Waals surface area contributed by atoms with Crippen LogP contribution >= 0.6 is 0 Å². The average Bonchev–Trinajstić information content (AvgIpc) is 3.52. The maximum atomic E-state index is 5.21. The number of hydrogen-bond donors (Lipinski definition) is 0. The van der Waals surface area contributed by atoms with Crippen molar-refractivity contribution in [2.24, 2.45) is 15.9 Å². The summed E-state index contributed by atoms with van der Waals surface area (Å²) in [5.74, 6) is 0.906. The first-order chi connectivity index (χ1) is 16.6. The van der Waals surface area contributed by atoms with Crippen LogP contribution in [0.2, 0.25) is 0 Å². The number of aromatic nitrogens is 2. The summed E-state index contributed by atoms with van der Waals surface area (Å²) in [7, 11) is 1.80. The first-order valence-electron chi connectivity index (χ1n) is 13.0. The molecule has 1 aromatic heterocycles. The van der Waals surface area contributed by atoms with E-state index in [1.54, 1.807) is 13.3 Å². The molecule has 0 amide bonds. The van der Waals surface area contributed by atoms with Crippen molar-refractivity contribution in [3.63, 3.8) is 0 Å². The Balaban J connectivity index is 2.04. The molecule has 182 valence electrons. The molecular weight excluding hydrogens is 416 g/mol. The SMILES string of the molecule is C=C(C(/C=N\C)=C\N=C/C=C\C)C(CC)c1cn(CC2CCCC2)nc1C1=C(CC)CCC=C1. The van der Waals surface area contributed by atoms with E-state index >= 15 is 0 Å². The van der Waals surface area contributed by atoms with Crippen molar-refractivity contribution in [2.75, 3.05) is 7.05 Å². The molecule has 0 saturated heterocycles. The van der Waals surface area contributed by atoms with Crippen LogP contribution in [0.3, 0.4) is 0 Å². The van der Waals surface area contributed by atoms with E-state index in [4.69, 9.17) is 5.10 Å². The van der Waals surface area contributed by atoms with Crippen LogP contribution in [0, 0.1) is 5.92 Å². The van der Waals surface area contributed by atoms with Gasteiger partial charge < -0.3 is 0 Å². The van der Waals surface area contributed by atoms with E-state index < -0.39 is 0 Å². The quantitative estimate of drug-likeness (QED) is 0.246. The summed E-state index contributed by atoms with van der Waals surface area (Å²) in [4.78, 5) is 8.75. The average molecular weight is 459 g/mol. The molecule has 4 nitrogen and oxygen atoms in total. The lowest BCUT2D eigenvalue weighted by atomic mass is 9.83. The minimum absolute atomic E-state index is 0.162. The van der Waals surface area contributed by atoms with Crippen LogP contribution in [0.1, 0.15) is 89.3 Å². The molecule has 1 saturated carbocycles. The maximum absolute atomic E-state index is 5.21. The van der Waals surface area contributed by atoms with Gasteiger partial charge in [-0.2, -0.15) is 5.10 Å². The fourth-order valence-electron chi connectivity index (χ4n) is 5.23. The summed E-state index contributed by atoms with van der Waals surface area (Å²) in [6.45, 7) is 12.0. The van der Waals surface area contributed by atoms with Gasteiger partial charge in [0.1, 0.15) is 0 Å². The lowest BCUT2D eigenvalue weighted by Gasteiger charge is -2.21. The largest absolute Gasteiger partial charge is 0.296 e. The second-order valence-corrected chi connectivity index (χ2v) is 9.40. The molecule has 3 rings (SSSR count). The monoisotopic (exact) mass is 458 g/mol. The van der Waals surface area contributed by atoms with Crippen molar-refractivity contribution in [3.05, 3.63) is 71.3 Å². The third-order valence-corrected chi connectivity index (χ3v) is 7.09. The highest BCUT2D eigenvalue weighted by Crippen LogP contribution is 2.39. The van der Waals surface area contributed by atoms with Gasteiger partial charge in [0.2, 0.25) is 0 Å². The molecule has 4 heteroatoms. The Hall–Kier alpha value is -2.75. The maximum Gasteiger partial charge on any atom is 0.0960 e. The summed E-state index contributed by atoms with van der Waals surface area (Å²) in [6, 6.07) is 0. The van der Waals surface area contributed by atoms with Gasteiger partial charge >= 0.3 is 0 Å². The van der Waals surface area contributed by atoms with Crippen LogP contribution in [0.5, 0.6) is 0 Å². The smallest absolute Gasteiger partial charge is 0.0960 e. The lowest BCUT2D eigenvalue weighted by molar-refractivity contribution is 0.428. The van der Waals surface area contributed by atoms with Crippen LogP contribution in [-0.2, 0) is 6.54 Å². The standard InChI is InChI=1S/C30H42N4/c1-6-9-18-32-20-26(19-31-5)23(4)27(8-3)29-22-34(21-24-14-10-11-15-24)33-30(29)28-17-13-12-16-25(28)7-2/h6,9,13,17-20,22,24,27H,4,7-8,10-12,14-16,21H2,1-3,5H3/b9-6-,26-20-,31-19-,32-18-. The fraction of sp³-hybridized carbons (Fsp3) is 0.500. The van der Waals surface area contributed by atoms with E-state index in [1.807, 2.05) is 31.5 Å². The Morgan fingerprint density at radius 2 is 2.09 bits per heavy atom. The van der Waals surface area contributed by atoms with Crippen molar-refractivity contribution in [3.8, 4) is 0 Å². The summed E-state index contributed by atoms with van der Waals surface area (Å²) >= 11 is 0. The highest BCUT2D eigenvalue weighted by molar-refractivity contribution is 5.86. The van der Waals surface area contributed by atoms with Crippen LogP contribution in [-0.4, -0.2) is 29.3 Å². The van der Waals surface area contributed by atoms with Crippen molar-refractivity contribution < 1.29 is 0 Å². The first-order valence-corrected chi connectivity index (χ1v) is 13.0. The highest BCUT2D eigenvalue weighted by Gasteiger charge is 2.26. The molecule has 0 bridgehead atoms. The van der Waals surface area contributed by atoms with Gasteiger partial charge in [0.25, 0.3) is 0 Å². The third-order valence-electron chi connectivity index (χ3n) is 7.09. The summed E-state index contributed by atoms with van der Waals surface area (Å²) in [6.07, 6.45) is 26.0. The van der Waals surface area contributed by atoms with Crippen LogP contribution in [0.15, 0.2) is 70.0 Å². The van der Waals surface area contributed by atoms with E-state index in [0.717, 1.165) is 55.0 Å². The zero-order chi connectivity index (χ0) is 24.3. The zero-order valence-corrected chi connectivity index (χ0v) is 21.6. The van der Waals surface area contributed by atoms with Crippen LogP contribution < -0.4 is 0 Å². The first kappa shape index (κ1) is 25.9. The van der Waals surface area contributed by atoms with Gasteiger partial charge in [-0.15, -0.1) is 0 Å². The third kappa shape index (κ3) is 6.43. The molecule has 0 aliphatic heterocycles. The van der Waals surface area contributed by atoms with E-state index in [9.17, 15) is 0 Å². The minimum atomic E-state index is 0.162. The Kier molecular flexibility index (Phi) is 10.1. The fourth-order valence-corrected chi connectivity index (χ4v) is 5.23. The lowest BCUT2D eigenvalue weighted by Crippen LogP contribution is -2.08. The number of allylic oxidation sites excluding steroid dienone is 8. The van der Waals surface area contributed by atoms with Gasteiger partial charge in [-0.1, -0.05) is 57.1 Å². The van der Waals surface area contributed by atoms with Crippen molar-refractivity contribution in [2.45, 2.75) is 84.6 Å². The second-order valence-electron chi connectivity index (χ2n) is 9.40. The number of nitrogens with zero attached hydrogens (tertiary/aromatic N) is 4. The molecule has 1 atom stereocenters. The van der Waals surface area contributed by atoms with Gasteiger partial charge in [-0.25, -0.2) is 0 Å². The number of rotatable bonds is 11. The Bertz CT molecular complexity index is 1010. The Morgan fingerprint density at radius 1 is 1.29 bits per heavy atom. The Morgan fingerprint density at radius 3 is 2.76 bits per heavy atom. The predicted octanol–water partition coefficient (Wildman–Crippen LogP) is 7.87. The van der Waals surface area contributed by atoms with Gasteiger partial charge in [0, 0.05) is 61.0 Å². The summed E-state index contributed by atoms with van der Waals surface area (Å²) in [5, 5.41) is 5.21. The van der Waals surface area contributed by atoms with Crippen LogP contribution in [0.25, 0.3) is 5.57 Å². The molecule has 34 heavy (non-hydrogen) atoms. The molecule has 1 aromatic rings. The van der Waals surface area contributed by atoms with E-state index in [2.05, 4.69) is 53.4 Å². The normalized spacial score (nSPS) is 18.9. The van der Waals surface area contributed by atoms with E-state index in [1.165, 1.54) is 42.4 Å². The summed E-state index contributed by atoms with van der Waals surface area (Å²) in [5.41, 5.74) is 7.27. The van der Waals surface area contributed by atoms with Gasteiger partial charge in [-0.3, -0.25) is 14.7 Å². The molecule has 0 aromatic carbocycles. The molecule has 0 N–H and O–H groups in total. The molecule has 1 heterocycles. The molecule has 2 aliphatic rings. The number of hydrogen-bond acceptors (Lipinski definition) is 3. The van der Waals surface area contributed by atoms with E-state index in [-0.39, 0.29) is 5.92 Å². The topological polar surface area (TPSA) is 42.5 Å². The highest BCUT2D eigenvalue weighted by atomic mass is 15.3. The predicted molar refractivity (Wildman–Crippen MR) is 148 cm³/mol. The van der Waals surface area contributed by atoms with Crippen LogP contribution in [0.4, 0.5) is 0 Å². The van der Waals surface area contributed by atoms with Gasteiger partial charge in [-0.05, 0) is 63.0 Å². The minimum Gasteiger partial charge on any atom is -0.296 e. The number of aliphatic imine (C=N–C) groups is 2. The van der Waals surface area contributed by atoms with E-state index in [0.29, 0.717) is 0 Å². The molecule has 1 fully saturated rings. The molecule has 1 unspecified atom stereocenters.